The lowest BCUT2D eigenvalue weighted by Gasteiger charge is -2.33. The second-order valence-electron chi connectivity index (χ2n) is 9.93. The van der Waals surface area contributed by atoms with E-state index in [0.717, 1.165) is 64.1 Å². The third-order valence-corrected chi connectivity index (χ3v) is 8.17. The first-order valence-corrected chi connectivity index (χ1v) is 14.0. The lowest BCUT2D eigenvalue weighted by atomic mass is 10.0. The maximum Gasteiger partial charge on any atom is 0.274 e. The zero-order valence-corrected chi connectivity index (χ0v) is 22.1. The molecule has 0 unspecified atom stereocenters. The number of hydrogen-bond donors (Lipinski definition) is 1. The van der Waals surface area contributed by atoms with Gasteiger partial charge in [-0.1, -0.05) is 35.6 Å². The molecule has 9 heteroatoms. The van der Waals surface area contributed by atoms with Crippen molar-refractivity contribution in [3.05, 3.63) is 76.3 Å². The Morgan fingerprint density at radius 2 is 1.71 bits per heavy atom. The average molecular weight is 534 g/mol. The van der Waals surface area contributed by atoms with Crippen molar-refractivity contribution >= 4 is 22.9 Å². The number of carbonyl (C=O) groups is 1. The van der Waals surface area contributed by atoms with Crippen molar-refractivity contribution < 1.29 is 13.9 Å². The van der Waals surface area contributed by atoms with Crippen LogP contribution in [0.5, 0.6) is 5.19 Å². The molecule has 198 valence electrons. The van der Waals surface area contributed by atoms with E-state index >= 15 is 0 Å². The highest BCUT2D eigenvalue weighted by Crippen LogP contribution is 2.27. The summed E-state index contributed by atoms with van der Waals surface area (Å²) in [6.07, 6.45) is 5.22. The maximum absolute atomic E-state index is 12.8. The standard InChI is InChI=1S/C29H32FN5O2S/c30-17-21-5-7-25(8-6-21)35-15-11-26(12-16-35)37-29-32-19-27(38-29)28(36)33-24-9-13-34(14-10-24)20-23-3-1-22(18-31)2-4-23/h1-8,19,24,26H,9-17,20H2,(H,33,36). The number of hydrogen-bond acceptors (Lipinski definition) is 7. The number of amides is 1. The summed E-state index contributed by atoms with van der Waals surface area (Å²) in [4.78, 5) is 22.4. The predicted molar refractivity (Wildman–Crippen MR) is 146 cm³/mol. The van der Waals surface area contributed by atoms with Crippen LogP contribution in [-0.4, -0.2) is 54.1 Å². The number of piperidine rings is 2. The lowest BCUT2D eigenvalue weighted by Crippen LogP contribution is -2.44. The number of rotatable bonds is 8. The number of anilines is 1. The van der Waals surface area contributed by atoms with Crippen molar-refractivity contribution in [2.75, 3.05) is 31.1 Å². The van der Waals surface area contributed by atoms with Crippen LogP contribution in [0.4, 0.5) is 10.1 Å². The van der Waals surface area contributed by atoms with Crippen LogP contribution in [-0.2, 0) is 13.2 Å². The normalized spacial score (nSPS) is 17.2. The second-order valence-corrected chi connectivity index (χ2v) is 10.9. The van der Waals surface area contributed by atoms with Crippen molar-refractivity contribution in [1.29, 1.82) is 5.26 Å². The number of aromatic nitrogens is 1. The second kappa shape index (κ2) is 12.4. The molecule has 2 saturated heterocycles. The minimum Gasteiger partial charge on any atom is -0.467 e. The fourth-order valence-electron chi connectivity index (χ4n) is 5.02. The number of ether oxygens (including phenoxy) is 1. The number of benzene rings is 2. The highest BCUT2D eigenvalue weighted by atomic mass is 32.1. The monoisotopic (exact) mass is 533 g/mol. The van der Waals surface area contributed by atoms with Crippen LogP contribution in [0.1, 0.15) is 52.0 Å². The molecule has 2 aliphatic rings. The quantitative estimate of drug-likeness (QED) is 0.442. The third-order valence-electron chi connectivity index (χ3n) is 7.29. The van der Waals surface area contributed by atoms with E-state index in [0.29, 0.717) is 21.2 Å². The number of alkyl halides is 1. The molecule has 3 heterocycles. The van der Waals surface area contributed by atoms with Gasteiger partial charge in [0.25, 0.3) is 11.1 Å². The van der Waals surface area contributed by atoms with Crippen molar-refractivity contribution in [3.63, 3.8) is 0 Å². The van der Waals surface area contributed by atoms with Crippen LogP contribution in [0.15, 0.2) is 54.7 Å². The Balaban J connectivity index is 1.04. The number of thiazole rings is 1. The molecular weight excluding hydrogens is 501 g/mol. The van der Waals surface area contributed by atoms with Gasteiger partial charge in [-0.25, -0.2) is 9.37 Å². The first-order valence-electron chi connectivity index (χ1n) is 13.1. The average Bonchev–Trinajstić information content (AvgIpc) is 3.44. The van der Waals surface area contributed by atoms with Gasteiger partial charge in [0.05, 0.1) is 17.8 Å². The van der Waals surface area contributed by atoms with Crippen LogP contribution in [0.25, 0.3) is 0 Å². The summed E-state index contributed by atoms with van der Waals surface area (Å²) < 4.78 is 18.9. The largest absolute Gasteiger partial charge is 0.467 e. The highest BCUT2D eigenvalue weighted by molar-refractivity contribution is 7.15. The Hall–Kier alpha value is -3.48. The van der Waals surface area contributed by atoms with Gasteiger partial charge in [0.2, 0.25) is 0 Å². The third kappa shape index (κ3) is 6.69. The van der Waals surface area contributed by atoms with Crippen LogP contribution in [0.2, 0.25) is 0 Å². The zero-order chi connectivity index (χ0) is 26.3. The fourth-order valence-corrected chi connectivity index (χ4v) is 5.76. The number of halogens is 1. The fraction of sp³-hybridized carbons (Fsp3) is 0.414. The van der Waals surface area contributed by atoms with Crippen molar-refractivity contribution in [3.8, 4) is 11.3 Å². The van der Waals surface area contributed by atoms with Gasteiger partial charge in [0.15, 0.2) is 0 Å². The van der Waals surface area contributed by atoms with Gasteiger partial charge in [-0.05, 0) is 48.2 Å². The molecule has 1 aromatic heterocycles. The van der Waals surface area contributed by atoms with Gasteiger partial charge in [0, 0.05) is 57.3 Å². The molecule has 2 aliphatic heterocycles. The number of nitriles is 1. The SMILES string of the molecule is N#Cc1ccc(CN2CCC(NC(=O)c3cnc(OC4CCN(c5ccc(CF)cc5)CC4)s3)CC2)cc1. The summed E-state index contributed by atoms with van der Waals surface area (Å²) in [6, 6.07) is 17.6. The molecule has 5 rings (SSSR count). The number of nitrogens with one attached hydrogen (secondary N) is 1. The Morgan fingerprint density at radius 1 is 1.03 bits per heavy atom. The summed E-state index contributed by atoms with van der Waals surface area (Å²) in [5.74, 6) is -0.0885. The van der Waals surface area contributed by atoms with E-state index in [9.17, 15) is 9.18 Å². The van der Waals surface area contributed by atoms with E-state index in [-0.39, 0.29) is 18.1 Å². The first kappa shape index (κ1) is 26.1. The molecular formula is C29H32FN5O2S. The zero-order valence-electron chi connectivity index (χ0n) is 21.3. The summed E-state index contributed by atoms with van der Waals surface area (Å²) >= 11 is 1.30. The molecule has 0 spiro atoms. The summed E-state index contributed by atoms with van der Waals surface area (Å²) in [7, 11) is 0. The van der Waals surface area contributed by atoms with Crippen molar-refractivity contribution in [1.82, 2.24) is 15.2 Å². The Morgan fingerprint density at radius 3 is 2.37 bits per heavy atom. The number of likely N-dealkylation sites (tertiary alicyclic amines) is 1. The van der Waals surface area contributed by atoms with E-state index in [2.05, 4.69) is 26.2 Å². The van der Waals surface area contributed by atoms with Crippen LogP contribution in [0, 0.1) is 11.3 Å². The molecule has 1 amide bonds. The predicted octanol–water partition coefficient (Wildman–Crippen LogP) is 4.93. The highest BCUT2D eigenvalue weighted by Gasteiger charge is 2.24. The van der Waals surface area contributed by atoms with Crippen molar-refractivity contribution in [2.45, 2.75) is 51.0 Å². The van der Waals surface area contributed by atoms with E-state index in [1.54, 1.807) is 6.20 Å². The molecule has 3 aromatic rings. The molecule has 38 heavy (non-hydrogen) atoms. The molecule has 0 atom stereocenters. The van der Waals surface area contributed by atoms with Crippen LogP contribution in [0.3, 0.4) is 0 Å². The molecule has 7 nitrogen and oxygen atoms in total. The van der Waals surface area contributed by atoms with E-state index in [1.807, 2.05) is 48.5 Å². The first-order chi connectivity index (χ1) is 18.6. The van der Waals surface area contributed by atoms with Gasteiger partial charge in [-0.15, -0.1) is 0 Å². The molecule has 2 fully saturated rings. The molecule has 1 N–H and O–H groups in total. The van der Waals surface area contributed by atoms with E-state index in [1.165, 1.54) is 16.9 Å². The van der Waals surface area contributed by atoms with Gasteiger partial charge in [0.1, 0.15) is 17.7 Å². The van der Waals surface area contributed by atoms with Gasteiger partial charge in [-0.3, -0.25) is 9.69 Å². The Labute approximate surface area is 226 Å². The van der Waals surface area contributed by atoms with Gasteiger partial charge >= 0.3 is 0 Å². The molecule has 0 bridgehead atoms. The minimum absolute atomic E-state index is 0.0684. The maximum atomic E-state index is 12.8. The van der Waals surface area contributed by atoms with E-state index < -0.39 is 6.67 Å². The van der Waals surface area contributed by atoms with E-state index in [4.69, 9.17) is 10.00 Å². The minimum atomic E-state index is -0.440. The molecule has 0 aliphatic carbocycles. The summed E-state index contributed by atoms with van der Waals surface area (Å²) in [5.41, 5.74) is 3.67. The summed E-state index contributed by atoms with van der Waals surface area (Å²) in [6.45, 7) is 3.97. The Bertz CT molecular complexity index is 1240. The molecule has 0 saturated carbocycles. The number of nitrogens with zero attached hydrogens (tertiary/aromatic N) is 4. The smallest absolute Gasteiger partial charge is 0.274 e. The van der Waals surface area contributed by atoms with Crippen LogP contribution >= 0.6 is 11.3 Å². The number of carbonyl (C=O) groups excluding carboxylic acids is 1. The summed E-state index contributed by atoms with van der Waals surface area (Å²) in [5, 5.41) is 12.7. The lowest BCUT2D eigenvalue weighted by molar-refractivity contribution is 0.0913. The van der Waals surface area contributed by atoms with Crippen LogP contribution < -0.4 is 15.0 Å². The van der Waals surface area contributed by atoms with Gasteiger partial charge in [-0.2, -0.15) is 5.26 Å². The van der Waals surface area contributed by atoms with Crippen molar-refractivity contribution in [2.24, 2.45) is 0 Å². The molecule has 2 aromatic carbocycles. The topological polar surface area (TPSA) is 81.5 Å². The van der Waals surface area contributed by atoms with Gasteiger partial charge < -0.3 is 15.0 Å². The molecule has 0 radical (unpaired) electrons. The Kier molecular flexibility index (Phi) is 8.51.